The molecule has 1 heterocycles. The van der Waals surface area contributed by atoms with Crippen molar-refractivity contribution >= 4 is 17.7 Å². The summed E-state index contributed by atoms with van der Waals surface area (Å²) in [7, 11) is 3.16. The average Bonchev–Trinajstić information content (AvgIpc) is 2.86. The highest BCUT2D eigenvalue weighted by molar-refractivity contribution is 7.99. The Morgan fingerprint density at radius 1 is 1.71 bits per heavy atom. The highest BCUT2D eigenvalue weighted by atomic mass is 32.2. The molecule has 0 fully saturated rings. The van der Waals surface area contributed by atoms with Crippen molar-refractivity contribution in [1.82, 2.24) is 10.3 Å². The van der Waals surface area contributed by atoms with Crippen LogP contribution in [0.2, 0.25) is 0 Å². The van der Waals surface area contributed by atoms with E-state index in [9.17, 15) is 4.79 Å². The van der Waals surface area contributed by atoms with E-state index in [1.54, 1.807) is 19.5 Å². The Balaban J connectivity index is 2.31. The lowest BCUT2D eigenvalue weighted by Crippen LogP contribution is -2.48. The number of rotatable bonds is 7. The van der Waals surface area contributed by atoms with E-state index < -0.39 is 5.54 Å². The zero-order valence-corrected chi connectivity index (χ0v) is 11.2. The lowest BCUT2D eigenvalue weighted by molar-refractivity contribution is -0.148. The first-order chi connectivity index (χ1) is 8.12. The Hall–Kier alpha value is -1.01. The van der Waals surface area contributed by atoms with E-state index in [0.717, 1.165) is 12.2 Å². The Bertz CT molecular complexity index is 342. The van der Waals surface area contributed by atoms with Crippen LogP contribution in [0.25, 0.3) is 0 Å². The smallest absolute Gasteiger partial charge is 0.325 e. The number of carbonyl (C=O) groups excluding carboxylic acids is 1. The fraction of sp³-hybridized carbons (Fsp3) is 0.636. The molecule has 6 heteroatoms. The number of nitrogens with zero attached hydrogens (tertiary/aromatic N) is 1. The van der Waals surface area contributed by atoms with Gasteiger partial charge in [0.2, 0.25) is 0 Å². The van der Waals surface area contributed by atoms with Crippen LogP contribution in [0.4, 0.5) is 0 Å². The van der Waals surface area contributed by atoms with E-state index in [2.05, 4.69) is 10.3 Å². The third kappa shape index (κ3) is 4.05. The van der Waals surface area contributed by atoms with Crippen LogP contribution in [-0.4, -0.2) is 36.4 Å². The number of hydrogen-bond acceptors (Lipinski definition) is 6. The van der Waals surface area contributed by atoms with E-state index in [-0.39, 0.29) is 5.97 Å². The van der Waals surface area contributed by atoms with Crippen molar-refractivity contribution in [3.63, 3.8) is 0 Å². The summed E-state index contributed by atoms with van der Waals surface area (Å²) in [6.45, 7) is 1.84. The summed E-state index contributed by atoms with van der Waals surface area (Å²) >= 11 is 1.54. The number of esters is 1. The summed E-state index contributed by atoms with van der Waals surface area (Å²) in [6.07, 6.45) is 4.76. The summed E-state index contributed by atoms with van der Waals surface area (Å²) < 4.78 is 9.88. The molecule has 0 radical (unpaired) electrons. The molecule has 1 atom stereocenters. The molecular formula is C11H18N2O3S. The predicted molar refractivity (Wildman–Crippen MR) is 65.9 cm³/mol. The molecule has 96 valence electrons. The van der Waals surface area contributed by atoms with Crippen LogP contribution in [0.3, 0.4) is 0 Å². The van der Waals surface area contributed by atoms with Gasteiger partial charge in [0.15, 0.2) is 0 Å². The maximum Gasteiger partial charge on any atom is 0.325 e. The Morgan fingerprint density at radius 3 is 3.00 bits per heavy atom. The minimum Gasteiger partial charge on any atom is -0.468 e. The summed E-state index contributed by atoms with van der Waals surface area (Å²) in [5.74, 6) is 0.621. The Morgan fingerprint density at radius 2 is 2.47 bits per heavy atom. The van der Waals surface area contributed by atoms with Crippen LogP contribution >= 0.6 is 11.8 Å². The number of ether oxygens (including phenoxy) is 1. The van der Waals surface area contributed by atoms with Crippen LogP contribution in [0.5, 0.6) is 0 Å². The molecule has 0 aliphatic heterocycles. The predicted octanol–water partition coefficient (Wildman–Crippen LogP) is 1.70. The van der Waals surface area contributed by atoms with Crippen LogP contribution in [0, 0.1) is 0 Å². The maximum atomic E-state index is 11.6. The first-order valence-electron chi connectivity index (χ1n) is 5.42. The van der Waals surface area contributed by atoms with Gasteiger partial charge in [-0.25, -0.2) is 4.98 Å². The second kappa shape index (κ2) is 6.66. The molecule has 0 spiro atoms. The quantitative estimate of drug-likeness (QED) is 0.456. The Kier molecular flexibility index (Phi) is 5.50. The fourth-order valence-corrected chi connectivity index (χ4v) is 2.14. The number of oxazole rings is 1. The summed E-state index contributed by atoms with van der Waals surface area (Å²) in [6, 6.07) is 0. The van der Waals surface area contributed by atoms with Crippen molar-refractivity contribution in [3.05, 3.63) is 12.5 Å². The molecule has 0 bridgehead atoms. The molecule has 1 aromatic rings. The van der Waals surface area contributed by atoms with Crippen molar-refractivity contribution in [2.45, 2.75) is 30.5 Å². The normalized spacial score (nSPS) is 14.3. The lowest BCUT2D eigenvalue weighted by atomic mass is 9.97. The molecule has 5 nitrogen and oxygen atoms in total. The van der Waals surface area contributed by atoms with Gasteiger partial charge in [-0.05, 0) is 26.8 Å². The van der Waals surface area contributed by atoms with Gasteiger partial charge in [0.05, 0.1) is 13.3 Å². The van der Waals surface area contributed by atoms with Gasteiger partial charge in [0.1, 0.15) is 11.8 Å². The number of methoxy groups -OCH3 is 1. The van der Waals surface area contributed by atoms with Crippen molar-refractivity contribution in [3.8, 4) is 0 Å². The zero-order valence-electron chi connectivity index (χ0n) is 10.4. The molecule has 0 aliphatic carbocycles. The van der Waals surface area contributed by atoms with E-state index in [1.165, 1.54) is 18.9 Å². The van der Waals surface area contributed by atoms with Crippen molar-refractivity contribution in [2.75, 3.05) is 19.9 Å². The highest BCUT2D eigenvalue weighted by Crippen LogP contribution is 2.20. The molecule has 1 rings (SSSR count). The fourth-order valence-electron chi connectivity index (χ4n) is 1.42. The van der Waals surface area contributed by atoms with Gasteiger partial charge in [0, 0.05) is 5.75 Å². The van der Waals surface area contributed by atoms with Gasteiger partial charge in [-0.3, -0.25) is 4.79 Å². The number of likely N-dealkylation sites (N-methyl/N-ethyl adjacent to an activating group) is 1. The monoisotopic (exact) mass is 258 g/mol. The van der Waals surface area contributed by atoms with Crippen molar-refractivity contribution in [2.24, 2.45) is 0 Å². The number of thioether (sulfide) groups is 1. The SMILES string of the molecule is CNC(C)(CCCSc1ncco1)C(=O)OC. The number of aromatic nitrogens is 1. The molecule has 1 unspecified atom stereocenters. The van der Waals surface area contributed by atoms with Gasteiger partial charge in [-0.1, -0.05) is 11.8 Å². The average molecular weight is 258 g/mol. The van der Waals surface area contributed by atoms with E-state index in [0.29, 0.717) is 11.6 Å². The molecule has 0 aliphatic rings. The maximum absolute atomic E-state index is 11.6. The van der Waals surface area contributed by atoms with E-state index in [1.807, 2.05) is 6.92 Å². The molecule has 1 aromatic heterocycles. The number of nitrogens with one attached hydrogen (secondary N) is 1. The molecule has 17 heavy (non-hydrogen) atoms. The second-order valence-corrected chi connectivity index (χ2v) is 4.87. The topological polar surface area (TPSA) is 64.4 Å². The Labute approximate surface area is 105 Å². The zero-order chi connectivity index (χ0) is 12.7. The van der Waals surface area contributed by atoms with Gasteiger partial charge >= 0.3 is 5.97 Å². The minimum absolute atomic E-state index is 0.235. The summed E-state index contributed by atoms with van der Waals surface area (Å²) in [4.78, 5) is 15.6. The molecule has 0 saturated heterocycles. The molecule has 1 N–H and O–H groups in total. The van der Waals surface area contributed by atoms with Crippen LogP contribution in [0.15, 0.2) is 22.1 Å². The highest BCUT2D eigenvalue weighted by Gasteiger charge is 2.31. The molecule has 0 aromatic carbocycles. The van der Waals surface area contributed by atoms with Gasteiger partial charge in [-0.2, -0.15) is 0 Å². The standard InChI is InChI=1S/C11H18N2O3S/c1-11(12-2,9(14)15-3)5-4-8-17-10-13-6-7-16-10/h6-7,12H,4-5,8H2,1-3H3. The van der Waals surface area contributed by atoms with Gasteiger partial charge < -0.3 is 14.5 Å². The third-order valence-corrected chi connectivity index (χ3v) is 3.59. The van der Waals surface area contributed by atoms with Gasteiger partial charge in [-0.15, -0.1) is 0 Å². The minimum atomic E-state index is -0.619. The van der Waals surface area contributed by atoms with Crippen LogP contribution < -0.4 is 5.32 Å². The first kappa shape index (κ1) is 14.1. The number of carbonyl (C=O) groups is 1. The van der Waals surface area contributed by atoms with Crippen molar-refractivity contribution in [1.29, 1.82) is 0 Å². The first-order valence-corrected chi connectivity index (χ1v) is 6.40. The van der Waals surface area contributed by atoms with Crippen molar-refractivity contribution < 1.29 is 13.9 Å². The number of hydrogen-bond donors (Lipinski definition) is 1. The molecule has 0 amide bonds. The van der Waals surface area contributed by atoms with E-state index in [4.69, 9.17) is 9.15 Å². The largest absolute Gasteiger partial charge is 0.468 e. The summed E-state index contributed by atoms with van der Waals surface area (Å²) in [5.41, 5.74) is -0.619. The van der Waals surface area contributed by atoms with Crippen LogP contribution in [0.1, 0.15) is 19.8 Å². The lowest BCUT2D eigenvalue weighted by Gasteiger charge is -2.25. The van der Waals surface area contributed by atoms with Gasteiger partial charge in [0.25, 0.3) is 5.22 Å². The second-order valence-electron chi connectivity index (χ2n) is 3.82. The third-order valence-electron chi connectivity index (χ3n) is 2.64. The molecule has 0 saturated carbocycles. The molecular weight excluding hydrogens is 240 g/mol. The van der Waals surface area contributed by atoms with Crippen LogP contribution in [-0.2, 0) is 9.53 Å². The summed E-state index contributed by atoms with van der Waals surface area (Å²) in [5, 5.41) is 3.66. The van der Waals surface area contributed by atoms with E-state index >= 15 is 0 Å².